The van der Waals surface area contributed by atoms with Gasteiger partial charge in [0, 0.05) is 0 Å². The zero-order chi connectivity index (χ0) is 6.15. The van der Waals surface area contributed by atoms with Crippen LogP contribution in [0.5, 0.6) is 0 Å². The second-order valence-corrected chi connectivity index (χ2v) is 2.96. The Bertz CT molecular complexity index is 90.6. The van der Waals surface area contributed by atoms with Gasteiger partial charge in [-0.2, -0.15) is 0 Å². The van der Waals surface area contributed by atoms with Gasteiger partial charge in [-0.15, -0.1) is 0 Å². The van der Waals surface area contributed by atoms with Crippen LogP contribution in [0.15, 0.2) is 12.2 Å². The molecule has 0 saturated heterocycles. The van der Waals surface area contributed by atoms with Crippen molar-refractivity contribution in [3.8, 4) is 0 Å². The van der Waals surface area contributed by atoms with E-state index in [9.17, 15) is 0 Å². The van der Waals surface area contributed by atoms with Gasteiger partial charge < -0.3 is 0 Å². The lowest BCUT2D eigenvalue weighted by Gasteiger charge is -2.12. The highest BCUT2D eigenvalue weighted by atomic mass is 14.2. The van der Waals surface area contributed by atoms with E-state index in [4.69, 9.17) is 0 Å². The van der Waals surface area contributed by atoms with Gasteiger partial charge >= 0.3 is 0 Å². The quantitative estimate of drug-likeness (QED) is 0.420. The molecular weight excluding hydrogens is 96.1 g/mol. The van der Waals surface area contributed by atoms with Crippen LogP contribution in [0, 0.1) is 17.8 Å². The van der Waals surface area contributed by atoms with Crippen LogP contribution in [0.4, 0.5) is 0 Å². The summed E-state index contributed by atoms with van der Waals surface area (Å²) in [6.45, 7) is 6.88. The summed E-state index contributed by atoms with van der Waals surface area (Å²) in [5, 5.41) is 0. The number of rotatable bonds is 0. The molecule has 0 radical (unpaired) electrons. The summed E-state index contributed by atoms with van der Waals surface area (Å²) in [6, 6.07) is 0. The van der Waals surface area contributed by atoms with Gasteiger partial charge in [-0.25, -0.2) is 0 Å². The summed E-state index contributed by atoms with van der Waals surface area (Å²) in [5.74, 6) is 2.49. The third-order valence-corrected chi connectivity index (χ3v) is 2.38. The Hall–Kier alpha value is -0.260. The van der Waals surface area contributed by atoms with Gasteiger partial charge in [0.05, 0.1) is 0 Å². The number of hydrogen-bond donors (Lipinski definition) is 0. The predicted molar refractivity (Wildman–Crippen MR) is 36.6 cm³/mol. The fourth-order valence-electron chi connectivity index (χ4n) is 1.18. The van der Waals surface area contributed by atoms with Crippen molar-refractivity contribution in [2.24, 2.45) is 17.8 Å². The van der Waals surface area contributed by atoms with E-state index in [0.29, 0.717) is 0 Å². The lowest BCUT2D eigenvalue weighted by molar-refractivity contribution is 0.406. The predicted octanol–water partition coefficient (Wildman–Crippen LogP) is 2.46. The van der Waals surface area contributed by atoms with Crippen LogP contribution in [0.2, 0.25) is 0 Å². The highest BCUT2D eigenvalue weighted by molar-refractivity contribution is 5.02. The van der Waals surface area contributed by atoms with Gasteiger partial charge in [-0.1, -0.05) is 32.9 Å². The first-order valence-electron chi connectivity index (χ1n) is 3.40. The normalized spacial score (nSPS) is 45.6. The maximum Gasteiger partial charge on any atom is -0.0231 e. The molecule has 1 aliphatic carbocycles. The third kappa shape index (κ3) is 0.795. The maximum absolute atomic E-state index is 2.31. The molecule has 0 nitrogen and oxygen atoms in total. The van der Waals surface area contributed by atoms with Crippen LogP contribution in [0.1, 0.15) is 20.8 Å². The van der Waals surface area contributed by atoms with Crippen molar-refractivity contribution in [2.45, 2.75) is 20.8 Å². The summed E-state index contributed by atoms with van der Waals surface area (Å²) < 4.78 is 0. The summed E-state index contributed by atoms with van der Waals surface area (Å²) in [7, 11) is 0. The second-order valence-electron chi connectivity index (χ2n) is 2.96. The van der Waals surface area contributed by atoms with Gasteiger partial charge in [0.2, 0.25) is 0 Å². The largest absolute Gasteiger partial charge is 0.0851 e. The van der Waals surface area contributed by atoms with E-state index in [1.54, 1.807) is 0 Å². The Morgan fingerprint density at radius 3 is 1.38 bits per heavy atom. The number of allylic oxidation sites excluding steroid dienone is 2. The minimum Gasteiger partial charge on any atom is -0.0851 e. The van der Waals surface area contributed by atoms with E-state index >= 15 is 0 Å². The molecule has 0 aromatic carbocycles. The standard InChI is InChI=1S/C8H14/c1-6-4-5-7(2)8(6)3/h4-8H,1-3H3/t6-,7?,8?/m1/s1. The van der Waals surface area contributed by atoms with Crippen LogP contribution in [-0.2, 0) is 0 Å². The van der Waals surface area contributed by atoms with Gasteiger partial charge in [0.1, 0.15) is 0 Å². The van der Waals surface area contributed by atoms with Crippen LogP contribution in [0.25, 0.3) is 0 Å². The molecule has 0 heteroatoms. The molecule has 0 aliphatic heterocycles. The SMILES string of the molecule is CC1C=C[C@@H](C)C1C. The highest BCUT2D eigenvalue weighted by Crippen LogP contribution is 2.28. The molecule has 46 valence electrons. The van der Waals surface area contributed by atoms with Crippen molar-refractivity contribution in [2.75, 3.05) is 0 Å². The van der Waals surface area contributed by atoms with Crippen molar-refractivity contribution in [3.63, 3.8) is 0 Å². The minimum atomic E-state index is 0.810. The van der Waals surface area contributed by atoms with E-state index in [0.717, 1.165) is 17.8 Å². The monoisotopic (exact) mass is 110 g/mol. The molecular formula is C8H14. The molecule has 0 saturated carbocycles. The Balaban J connectivity index is 2.55. The molecule has 0 bridgehead atoms. The van der Waals surface area contributed by atoms with Gasteiger partial charge in [-0.05, 0) is 17.8 Å². The first-order chi connectivity index (χ1) is 3.72. The Morgan fingerprint density at radius 1 is 0.875 bits per heavy atom. The molecule has 0 fully saturated rings. The van der Waals surface area contributed by atoms with Gasteiger partial charge in [0.25, 0.3) is 0 Å². The van der Waals surface area contributed by atoms with Crippen molar-refractivity contribution < 1.29 is 0 Å². The molecule has 1 rings (SSSR count). The van der Waals surface area contributed by atoms with E-state index in [1.165, 1.54) is 0 Å². The molecule has 0 amide bonds. The topological polar surface area (TPSA) is 0 Å². The molecule has 3 atom stereocenters. The Labute approximate surface area is 51.6 Å². The van der Waals surface area contributed by atoms with Crippen LogP contribution in [-0.4, -0.2) is 0 Å². The fraction of sp³-hybridized carbons (Fsp3) is 0.750. The van der Waals surface area contributed by atoms with Crippen LogP contribution >= 0.6 is 0 Å². The minimum absolute atomic E-state index is 0.810. The molecule has 0 spiro atoms. The van der Waals surface area contributed by atoms with E-state index in [1.807, 2.05) is 0 Å². The molecule has 8 heavy (non-hydrogen) atoms. The third-order valence-electron chi connectivity index (χ3n) is 2.38. The molecule has 0 N–H and O–H groups in total. The first kappa shape index (κ1) is 5.87. The summed E-state index contributed by atoms with van der Waals surface area (Å²) in [4.78, 5) is 0. The van der Waals surface area contributed by atoms with E-state index in [2.05, 4.69) is 32.9 Å². The molecule has 0 aromatic rings. The second kappa shape index (κ2) is 1.93. The Morgan fingerprint density at radius 2 is 1.25 bits per heavy atom. The van der Waals surface area contributed by atoms with Crippen molar-refractivity contribution in [1.29, 1.82) is 0 Å². The molecule has 0 aromatic heterocycles. The molecule has 1 aliphatic rings. The summed E-state index contributed by atoms with van der Waals surface area (Å²) >= 11 is 0. The average molecular weight is 110 g/mol. The van der Waals surface area contributed by atoms with Crippen LogP contribution in [0.3, 0.4) is 0 Å². The number of hydrogen-bond acceptors (Lipinski definition) is 0. The summed E-state index contributed by atoms with van der Waals surface area (Å²) in [6.07, 6.45) is 4.63. The van der Waals surface area contributed by atoms with Crippen molar-refractivity contribution in [3.05, 3.63) is 12.2 Å². The zero-order valence-electron chi connectivity index (χ0n) is 5.89. The lowest BCUT2D eigenvalue weighted by atomic mass is 9.93. The molecule has 0 heterocycles. The van der Waals surface area contributed by atoms with E-state index in [-0.39, 0.29) is 0 Å². The van der Waals surface area contributed by atoms with E-state index < -0.39 is 0 Å². The summed E-state index contributed by atoms with van der Waals surface area (Å²) in [5.41, 5.74) is 0. The van der Waals surface area contributed by atoms with Crippen molar-refractivity contribution >= 4 is 0 Å². The zero-order valence-corrected chi connectivity index (χ0v) is 5.89. The average Bonchev–Trinajstić information content (AvgIpc) is 1.98. The van der Waals surface area contributed by atoms with Gasteiger partial charge in [-0.3, -0.25) is 0 Å². The van der Waals surface area contributed by atoms with Crippen molar-refractivity contribution in [1.82, 2.24) is 0 Å². The maximum atomic E-state index is 2.31. The lowest BCUT2D eigenvalue weighted by Crippen LogP contribution is -2.05. The highest BCUT2D eigenvalue weighted by Gasteiger charge is 2.19. The fourth-order valence-corrected chi connectivity index (χ4v) is 1.18. The van der Waals surface area contributed by atoms with Gasteiger partial charge in [0.15, 0.2) is 0 Å². The smallest absolute Gasteiger partial charge is 0.0231 e. The Kier molecular flexibility index (Phi) is 1.41. The molecule has 2 unspecified atom stereocenters. The first-order valence-corrected chi connectivity index (χ1v) is 3.40. The van der Waals surface area contributed by atoms with Crippen LogP contribution < -0.4 is 0 Å².